The van der Waals surface area contributed by atoms with Gasteiger partial charge >= 0.3 is 0 Å². The van der Waals surface area contributed by atoms with Gasteiger partial charge in [-0.2, -0.15) is 5.10 Å². The second-order valence-electron chi connectivity index (χ2n) is 7.06. The molecule has 4 rings (SSSR count). The maximum Gasteiger partial charge on any atom is 0.267 e. The zero-order valence-electron chi connectivity index (χ0n) is 18.9. The molecule has 0 aliphatic carbocycles. The molecule has 0 N–H and O–H groups in total. The van der Waals surface area contributed by atoms with Crippen LogP contribution in [0.5, 0.6) is 17.2 Å². The van der Waals surface area contributed by atoms with Crippen molar-refractivity contribution in [1.29, 1.82) is 0 Å². The van der Waals surface area contributed by atoms with Crippen molar-refractivity contribution in [2.45, 2.75) is 6.54 Å². The average Bonchev–Trinajstić information content (AvgIpc) is 3.48. The molecule has 1 amide bonds. The van der Waals surface area contributed by atoms with Crippen molar-refractivity contribution < 1.29 is 23.4 Å². The second kappa shape index (κ2) is 10.8. The molecular formula is C25H23N3O5S. The van der Waals surface area contributed by atoms with E-state index >= 15 is 0 Å². The number of nitrogens with zero attached hydrogens (tertiary/aromatic N) is 3. The van der Waals surface area contributed by atoms with Gasteiger partial charge in [0.15, 0.2) is 16.7 Å². The fraction of sp³-hybridized carbons (Fsp3) is 0.160. The summed E-state index contributed by atoms with van der Waals surface area (Å²) in [5, 5.41) is 8.99. The summed E-state index contributed by atoms with van der Waals surface area (Å²) in [6.07, 6.45) is 4.95. The van der Waals surface area contributed by atoms with Crippen LogP contribution < -0.4 is 14.2 Å². The number of carbonyl (C=O) groups is 1. The molecule has 34 heavy (non-hydrogen) atoms. The third-order valence-electron chi connectivity index (χ3n) is 4.97. The van der Waals surface area contributed by atoms with Crippen LogP contribution in [0.2, 0.25) is 0 Å². The summed E-state index contributed by atoms with van der Waals surface area (Å²) in [4.78, 5) is 15.3. The average molecular weight is 478 g/mol. The number of benzene rings is 2. The highest BCUT2D eigenvalue weighted by atomic mass is 32.2. The van der Waals surface area contributed by atoms with E-state index in [9.17, 15) is 4.79 Å². The number of carbonyl (C=O) groups excluding carboxylic acids is 1. The second-order valence-corrected chi connectivity index (χ2v) is 8.07. The maximum atomic E-state index is 13.2. The number of rotatable bonds is 8. The lowest BCUT2D eigenvalue weighted by molar-refractivity contribution is -0.122. The molecule has 174 valence electrons. The highest BCUT2D eigenvalue weighted by Crippen LogP contribution is 2.35. The number of amides is 1. The molecule has 8 nitrogen and oxygen atoms in total. The van der Waals surface area contributed by atoms with Crippen molar-refractivity contribution in [3.63, 3.8) is 0 Å². The van der Waals surface area contributed by atoms with E-state index in [1.807, 2.05) is 42.5 Å². The van der Waals surface area contributed by atoms with Crippen LogP contribution in [-0.4, -0.2) is 43.5 Å². The van der Waals surface area contributed by atoms with Gasteiger partial charge in [-0.15, -0.1) is 5.10 Å². The zero-order valence-corrected chi connectivity index (χ0v) is 19.7. The molecule has 1 aromatic heterocycles. The van der Waals surface area contributed by atoms with Crippen molar-refractivity contribution in [1.82, 2.24) is 4.90 Å². The van der Waals surface area contributed by atoms with Gasteiger partial charge in [-0.1, -0.05) is 18.2 Å². The first kappa shape index (κ1) is 23.2. The number of hydrogen-bond donors (Lipinski definition) is 0. The molecular weight excluding hydrogens is 454 g/mol. The summed E-state index contributed by atoms with van der Waals surface area (Å²) in [6, 6.07) is 16.5. The Morgan fingerprint density at radius 3 is 2.50 bits per heavy atom. The molecule has 2 heterocycles. The Hall–Kier alpha value is -3.98. The van der Waals surface area contributed by atoms with E-state index < -0.39 is 0 Å². The van der Waals surface area contributed by atoms with Crippen molar-refractivity contribution in [2.75, 3.05) is 21.3 Å². The summed E-state index contributed by atoms with van der Waals surface area (Å²) in [5.41, 5.74) is 1.58. The lowest BCUT2D eigenvalue weighted by Gasteiger charge is -2.12. The fourth-order valence-corrected chi connectivity index (χ4v) is 4.22. The van der Waals surface area contributed by atoms with Gasteiger partial charge in [0.25, 0.3) is 5.91 Å². The lowest BCUT2D eigenvalue weighted by Crippen LogP contribution is -2.28. The highest BCUT2D eigenvalue weighted by Gasteiger charge is 2.34. The van der Waals surface area contributed by atoms with E-state index in [1.165, 1.54) is 16.7 Å². The first-order chi connectivity index (χ1) is 16.6. The van der Waals surface area contributed by atoms with Crippen molar-refractivity contribution in [2.24, 2.45) is 10.2 Å². The smallest absolute Gasteiger partial charge is 0.267 e. The van der Waals surface area contributed by atoms with Gasteiger partial charge in [-0.25, -0.2) is 0 Å². The normalized spacial score (nSPS) is 16.1. The van der Waals surface area contributed by atoms with Crippen LogP contribution in [0.15, 0.2) is 80.4 Å². The third-order valence-corrected chi connectivity index (χ3v) is 5.96. The van der Waals surface area contributed by atoms with Crippen LogP contribution in [0.25, 0.3) is 6.08 Å². The van der Waals surface area contributed by atoms with Gasteiger partial charge in [0, 0.05) is 5.56 Å². The van der Waals surface area contributed by atoms with Crippen LogP contribution in [-0.2, 0) is 11.3 Å². The largest absolute Gasteiger partial charge is 0.496 e. The number of para-hydroxylation sites is 1. The number of furan rings is 1. The summed E-state index contributed by atoms with van der Waals surface area (Å²) in [5.74, 6) is 2.32. The molecule has 0 spiro atoms. The molecule has 3 aromatic rings. The molecule has 1 aliphatic rings. The lowest BCUT2D eigenvalue weighted by atomic mass is 10.2. The van der Waals surface area contributed by atoms with E-state index in [0.29, 0.717) is 33.1 Å². The van der Waals surface area contributed by atoms with E-state index in [1.54, 1.807) is 52.0 Å². The highest BCUT2D eigenvalue weighted by molar-refractivity contribution is 8.18. The number of ether oxygens (including phenoxy) is 3. The number of thioether (sulfide) groups is 1. The SMILES string of the molecule is COc1ccccc1/C=N/N=C1\S/C(=C\c2ccc(OC)c(OC)c2)C(=O)N1Cc1ccco1. The molecule has 1 fully saturated rings. The van der Waals surface area contributed by atoms with Gasteiger partial charge < -0.3 is 18.6 Å². The Labute approximate surface area is 201 Å². The van der Waals surface area contributed by atoms with E-state index in [0.717, 1.165) is 11.1 Å². The molecule has 1 saturated heterocycles. The standard InChI is InChI=1S/C25H23N3O5S/c1-30-20-9-5-4-7-18(20)15-26-27-25-28(16-19-8-6-12-33-19)24(29)23(34-25)14-17-10-11-21(31-2)22(13-17)32-3/h4-15H,16H2,1-3H3/b23-14-,26-15+,27-25-. The minimum absolute atomic E-state index is 0.192. The summed E-state index contributed by atoms with van der Waals surface area (Å²) in [7, 11) is 4.74. The van der Waals surface area contributed by atoms with Gasteiger partial charge in [-0.05, 0) is 59.8 Å². The van der Waals surface area contributed by atoms with Gasteiger partial charge in [0.05, 0.1) is 45.3 Å². The Balaban J connectivity index is 1.64. The molecule has 1 aliphatic heterocycles. The predicted molar refractivity (Wildman–Crippen MR) is 132 cm³/mol. The molecule has 0 unspecified atom stereocenters. The van der Waals surface area contributed by atoms with Crippen LogP contribution in [0, 0.1) is 0 Å². The minimum atomic E-state index is -0.192. The molecule has 0 radical (unpaired) electrons. The minimum Gasteiger partial charge on any atom is -0.496 e. The number of methoxy groups -OCH3 is 3. The van der Waals surface area contributed by atoms with E-state index in [2.05, 4.69) is 10.2 Å². The Bertz CT molecular complexity index is 1250. The quantitative estimate of drug-likeness (QED) is 0.263. The molecule has 9 heteroatoms. The number of hydrogen-bond acceptors (Lipinski definition) is 8. The first-order valence-electron chi connectivity index (χ1n) is 10.3. The summed E-state index contributed by atoms with van der Waals surface area (Å²) < 4.78 is 21.5. The van der Waals surface area contributed by atoms with Gasteiger partial charge in [0.1, 0.15) is 11.5 Å². The van der Waals surface area contributed by atoms with Crippen LogP contribution in [0.1, 0.15) is 16.9 Å². The van der Waals surface area contributed by atoms with Crippen molar-refractivity contribution >= 4 is 35.1 Å². The predicted octanol–water partition coefficient (Wildman–Crippen LogP) is 4.81. The summed E-state index contributed by atoms with van der Waals surface area (Å²) >= 11 is 1.24. The van der Waals surface area contributed by atoms with Crippen molar-refractivity contribution in [3.05, 3.63) is 82.7 Å². The van der Waals surface area contributed by atoms with E-state index in [4.69, 9.17) is 18.6 Å². The van der Waals surface area contributed by atoms with Crippen LogP contribution in [0.3, 0.4) is 0 Å². The molecule has 0 bridgehead atoms. The van der Waals surface area contributed by atoms with Crippen LogP contribution >= 0.6 is 11.8 Å². The monoisotopic (exact) mass is 477 g/mol. The first-order valence-corrected chi connectivity index (χ1v) is 11.1. The van der Waals surface area contributed by atoms with Gasteiger partial charge in [-0.3, -0.25) is 9.69 Å². The Morgan fingerprint density at radius 2 is 1.76 bits per heavy atom. The molecule has 0 atom stereocenters. The summed E-state index contributed by atoms with van der Waals surface area (Å²) in [6.45, 7) is 0.241. The topological polar surface area (TPSA) is 85.9 Å². The molecule has 0 saturated carbocycles. The Kier molecular flexibility index (Phi) is 7.34. The van der Waals surface area contributed by atoms with Gasteiger partial charge in [0.2, 0.25) is 0 Å². The zero-order chi connectivity index (χ0) is 23.9. The fourth-order valence-electron chi connectivity index (χ4n) is 3.29. The maximum absolute atomic E-state index is 13.2. The van der Waals surface area contributed by atoms with Crippen LogP contribution in [0.4, 0.5) is 0 Å². The van der Waals surface area contributed by atoms with Crippen molar-refractivity contribution in [3.8, 4) is 17.2 Å². The Morgan fingerprint density at radius 1 is 0.971 bits per heavy atom. The number of amidine groups is 1. The molecule has 2 aromatic carbocycles. The van der Waals surface area contributed by atoms with E-state index in [-0.39, 0.29) is 12.5 Å². The third kappa shape index (κ3) is 5.15.